The summed E-state index contributed by atoms with van der Waals surface area (Å²) in [5, 5.41) is 14.5. The summed E-state index contributed by atoms with van der Waals surface area (Å²) in [6, 6.07) is 7.58. The van der Waals surface area contributed by atoms with E-state index >= 15 is 0 Å². The lowest BCUT2D eigenvalue weighted by Gasteiger charge is -2.23. The molecule has 1 saturated carbocycles. The summed E-state index contributed by atoms with van der Waals surface area (Å²) >= 11 is 0. The summed E-state index contributed by atoms with van der Waals surface area (Å²) in [5.74, 6) is 2.01. The van der Waals surface area contributed by atoms with E-state index in [2.05, 4.69) is 25.6 Å². The predicted molar refractivity (Wildman–Crippen MR) is 127 cm³/mol. The zero-order valence-electron chi connectivity index (χ0n) is 19.1. The fourth-order valence-corrected chi connectivity index (χ4v) is 3.98. The molecule has 1 amide bonds. The molecule has 1 fully saturated rings. The Hall–Kier alpha value is -3.66. The van der Waals surface area contributed by atoms with Gasteiger partial charge in [0.2, 0.25) is 5.88 Å². The van der Waals surface area contributed by atoms with Crippen molar-refractivity contribution in [2.45, 2.75) is 44.7 Å². The van der Waals surface area contributed by atoms with Gasteiger partial charge in [0.05, 0.1) is 30.2 Å². The fraction of sp³-hybridized carbons (Fsp3) is 0.417. The Morgan fingerprint density at radius 3 is 2.68 bits per heavy atom. The van der Waals surface area contributed by atoms with E-state index in [0.717, 1.165) is 23.7 Å². The van der Waals surface area contributed by atoms with Gasteiger partial charge in [0, 0.05) is 30.9 Å². The number of carbonyl (C=O) groups is 1. The van der Waals surface area contributed by atoms with E-state index in [0.29, 0.717) is 41.9 Å². The standard InChI is InChI=1S/C14H20N2O2.C10H9N3O3/c1-2-4-11(5-3-1)15-9-12-8-13-14(10-16-12)18-7-6-17-13;1-16-8-3-2-6-9(13-8)7(4-5-11-6)12-10(14)15/h8,10-11,15H,1-7,9H2;2-5H,1H3,(H,11,12)(H,14,15). The van der Waals surface area contributed by atoms with E-state index in [1.54, 1.807) is 24.4 Å². The first-order chi connectivity index (χ1) is 16.6. The Labute approximate surface area is 197 Å². The Morgan fingerprint density at radius 2 is 1.91 bits per heavy atom. The van der Waals surface area contributed by atoms with Crippen molar-refractivity contribution in [2.75, 3.05) is 25.6 Å². The molecule has 1 aliphatic carbocycles. The molecule has 3 aromatic rings. The van der Waals surface area contributed by atoms with Gasteiger partial charge in [-0.3, -0.25) is 15.3 Å². The third-order valence-electron chi connectivity index (χ3n) is 5.67. The second kappa shape index (κ2) is 11.5. The molecule has 34 heavy (non-hydrogen) atoms. The highest BCUT2D eigenvalue weighted by Gasteiger charge is 2.15. The summed E-state index contributed by atoms with van der Waals surface area (Å²) in [7, 11) is 1.49. The largest absolute Gasteiger partial charge is 0.486 e. The maximum absolute atomic E-state index is 10.6. The highest BCUT2D eigenvalue weighted by Crippen LogP contribution is 2.29. The number of amides is 1. The quantitative estimate of drug-likeness (QED) is 0.510. The van der Waals surface area contributed by atoms with E-state index in [1.165, 1.54) is 45.4 Å². The van der Waals surface area contributed by atoms with Crippen LogP contribution < -0.4 is 24.8 Å². The van der Waals surface area contributed by atoms with Crippen LogP contribution in [-0.2, 0) is 6.54 Å². The van der Waals surface area contributed by atoms with Crippen LogP contribution in [0.3, 0.4) is 0 Å². The molecule has 0 unspecified atom stereocenters. The number of ether oxygens (including phenoxy) is 3. The van der Waals surface area contributed by atoms with Gasteiger partial charge >= 0.3 is 6.09 Å². The summed E-state index contributed by atoms with van der Waals surface area (Å²) < 4.78 is 16.0. The number of anilines is 1. The topological polar surface area (TPSA) is 128 Å². The van der Waals surface area contributed by atoms with Crippen LogP contribution in [0.5, 0.6) is 17.4 Å². The van der Waals surface area contributed by atoms with Gasteiger partial charge in [-0.25, -0.2) is 9.78 Å². The average molecular weight is 468 g/mol. The number of hydrogen-bond acceptors (Lipinski definition) is 8. The first kappa shape index (κ1) is 23.5. The maximum Gasteiger partial charge on any atom is 0.409 e. The zero-order valence-corrected chi connectivity index (χ0v) is 19.1. The molecule has 5 rings (SSSR count). The van der Waals surface area contributed by atoms with Crippen molar-refractivity contribution in [1.82, 2.24) is 20.3 Å². The number of carboxylic acid groups (broad SMARTS) is 1. The summed E-state index contributed by atoms with van der Waals surface area (Å²) in [6.07, 6.45) is 8.83. The van der Waals surface area contributed by atoms with Crippen LogP contribution in [0.2, 0.25) is 0 Å². The smallest absolute Gasteiger partial charge is 0.409 e. The molecule has 10 heteroatoms. The normalized spacial score (nSPS) is 15.2. The maximum atomic E-state index is 10.6. The molecule has 0 atom stereocenters. The van der Waals surface area contributed by atoms with Crippen molar-refractivity contribution in [3.63, 3.8) is 0 Å². The summed E-state index contributed by atoms with van der Waals surface area (Å²) in [5.41, 5.74) is 2.48. The van der Waals surface area contributed by atoms with E-state index in [1.807, 2.05) is 6.07 Å². The lowest BCUT2D eigenvalue weighted by Crippen LogP contribution is -2.30. The van der Waals surface area contributed by atoms with Crippen LogP contribution in [-0.4, -0.2) is 52.5 Å². The van der Waals surface area contributed by atoms with Gasteiger partial charge in [-0.1, -0.05) is 19.3 Å². The predicted octanol–water partition coefficient (Wildman–Crippen LogP) is 4.00. The summed E-state index contributed by atoms with van der Waals surface area (Å²) in [6.45, 7) is 2.07. The SMILES string of the molecule is COc1ccc2nccc(NC(=O)O)c2n1.c1nc(CNC2CCCCC2)cc2c1OCCO2. The second-order valence-electron chi connectivity index (χ2n) is 8.05. The average Bonchev–Trinajstić information content (AvgIpc) is 2.88. The molecule has 0 bridgehead atoms. The van der Waals surface area contributed by atoms with Gasteiger partial charge in [-0.2, -0.15) is 0 Å². The monoisotopic (exact) mass is 467 g/mol. The number of rotatable bonds is 5. The van der Waals surface area contributed by atoms with Crippen molar-refractivity contribution in [3.8, 4) is 17.4 Å². The van der Waals surface area contributed by atoms with Crippen LogP contribution >= 0.6 is 0 Å². The molecule has 10 nitrogen and oxygen atoms in total. The van der Waals surface area contributed by atoms with Crippen molar-refractivity contribution >= 4 is 22.8 Å². The van der Waals surface area contributed by atoms with E-state index < -0.39 is 6.09 Å². The van der Waals surface area contributed by atoms with Crippen LogP contribution in [0.15, 0.2) is 36.7 Å². The van der Waals surface area contributed by atoms with Gasteiger partial charge in [0.15, 0.2) is 11.5 Å². The van der Waals surface area contributed by atoms with Crippen LogP contribution in [0.4, 0.5) is 10.5 Å². The molecule has 0 saturated heterocycles. The lowest BCUT2D eigenvalue weighted by molar-refractivity contribution is 0.170. The molecule has 2 aliphatic rings. The second-order valence-corrected chi connectivity index (χ2v) is 8.05. The molecular formula is C24H29N5O5. The Bertz CT molecular complexity index is 1120. The minimum Gasteiger partial charge on any atom is -0.486 e. The number of fused-ring (bicyclic) bond motifs is 2. The van der Waals surface area contributed by atoms with Crippen molar-refractivity contribution in [1.29, 1.82) is 0 Å². The first-order valence-corrected chi connectivity index (χ1v) is 11.4. The third kappa shape index (κ3) is 6.22. The van der Waals surface area contributed by atoms with Crippen LogP contribution in [0.1, 0.15) is 37.8 Å². The van der Waals surface area contributed by atoms with E-state index in [4.69, 9.17) is 19.3 Å². The Kier molecular flexibility index (Phi) is 7.92. The highest BCUT2D eigenvalue weighted by atomic mass is 16.6. The van der Waals surface area contributed by atoms with Gasteiger partial charge in [0.25, 0.3) is 0 Å². The number of nitrogens with zero attached hydrogens (tertiary/aromatic N) is 3. The Morgan fingerprint density at radius 1 is 1.12 bits per heavy atom. The molecule has 3 aromatic heterocycles. The third-order valence-corrected chi connectivity index (χ3v) is 5.67. The van der Waals surface area contributed by atoms with Crippen molar-refractivity contribution < 1.29 is 24.1 Å². The van der Waals surface area contributed by atoms with Gasteiger partial charge in [-0.05, 0) is 25.0 Å². The van der Waals surface area contributed by atoms with E-state index in [-0.39, 0.29) is 0 Å². The Balaban J connectivity index is 0.000000162. The zero-order chi connectivity index (χ0) is 23.8. The minimum atomic E-state index is -1.14. The molecular weight excluding hydrogens is 438 g/mol. The van der Waals surface area contributed by atoms with Crippen molar-refractivity contribution in [3.05, 3.63) is 42.4 Å². The number of methoxy groups -OCH3 is 1. The first-order valence-electron chi connectivity index (χ1n) is 11.4. The number of hydrogen-bond donors (Lipinski definition) is 3. The van der Waals surface area contributed by atoms with Crippen molar-refractivity contribution in [2.24, 2.45) is 0 Å². The molecule has 0 aromatic carbocycles. The van der Waals surface area contributed by atoms with Gasteiger partial charge < -0.3 is 24.6 Å². The number of pyridine rings is 3. The summed E-state index contributed by atoms with van der Waals surface area (Å²) in [4.78, 5) is 23.2. The number of nitrogens with one attached hydrogen (secondary N) is 2. The lowest BCUT2D eigenvalue weighted by atomic mass is 9.95. The van der Waals surface area contributed by atoms with Gasteiger partial charge in [-0.15, -0.1) is 0 Å². The van der Waals surface area contributed by atoms with E-state index in [9.17, 15) is 4.79 Å². The minimum absolute atomic E-state index is 0.386. The fourth-order valence-electron chi connectivity index (χ4n) is 3.98. The molecule has 3 N–H and O–H groups in total. The van der Waals surface area contributed by atoms with Crippen LogP contribution in [0.25, 0.3) is 11.0 Å². The highest BCUT2D eigenvalue weighted by molar-refractivity contribution is 5.95. The molecule has 180 valence electrons. The van der Waals surface area contributed by atoms with Crippen LogP contribution in [0, 0.1) is 0 Å². The number of aromatic nitrogens is 3. The molecule has 1 aliphatic heterocycles. The molecule has 0 spiro atoms. The molecule has 0 radical (unpaired) electrons. The molecule has 4 heterocycles. The van der Waals surface area contributed by atoms with Gasteiger partial charge in [0.1, 0.15) is 18.7 Å².